The number of benzene rings is 1. The Morgan fingerprint density at radius 2 is 2.29 bits per heavy atom. The number of halogens is 1. The smallest absolute Gasteiger partial charge is 0.304 e. The van der Waals surface area contributed by atoms with Crippen molar-refractivity contribution in [2.24, 2.45) is 0 Å². The van der Waals surface area contributed by atoms with Crippen molar-refractivity contribution in [2.75, 3.05) is 0 Å². The van der Waals surface area contributed by atoms with Crippen molar-refractivity contribution in [1.82, 2.24) is 9.55 Å². The lowest BCUT2D eigenvalue weighted by atomic mass is 10.3. The summed E-state index contributed by atoms with van der Waals surface area (Å²) in [7, 11) is 0. The van der Waals surface area contributed by atoms with Crippen LogP contribution in [0.4, 0.5) is 0 Å². The molecular weight excluding hydrogens is 200 g/mol. The number of aromatic nitrogens is 2. The summed E-state index contributed by atoms with van der Waals surface area (Å²) in [6, 6.07) is 5.37. The summed E-state index contributed by atoms with van der Waals surface area (Å²) in [5, 5.41) is 0.541. The van der Waals surface area contributed by atoms with Crippen molar-refractivity contribution >= 4 is 28.3 Å². The Hall–Kier alpha value is -1.48. The van der Waals surface area contributed by atoms with Gasteiger partial charge in [0.15, 0.2) is 0 Å². The topological polar surface area (TPSA) is 37.8 Å². The van der Waals surface area contributed by atoms with Gasteiger partial charge in [-0.2, -0.15) is 0 Å². The lowest BCUT2D eigenvalue weighted by Crippen LogP contribution is -2.13. The van der Waals surface area contributed by atoms with Gasteiger partial charge in [0.1, 0.15) is 0 Å². The standard InChI is InChI=1S/C10H9ClN2O/c1-6(2)13-8-5-3-4-7(11)9(8)12-10(13)14/h3-5H,1H2,2H3,(H,12,14). The average molecular weight is 209 g/mol. The highest BCUT2D eigenvalue weighted by atomic mass is 35.5. The number of fused-ring (bicyclic) bond motifs is 1. The SMILES string of the molecule is C=C(C)n1c(=O)[nH]c2c(Cl)cccc21. The summed E-state index contributed by atoms with van der Waals surface area (Å²) < 4.78 is 1.50. The molecule has 0 amide bonds. The van der Waals surface area contributed by atoms with Crippen molar-refractivity contribution in [3.05, 3.63) is 40.3 Å². The van der Waals surface area contributed by atoms with E-state index in [4.69, 9.17) is 11.6 Å². The van der Waals surface area contributed by atoms with Crippen LogP contribution < -0.4 is 5.69 Å². The molecule has 14 heavy (non-hydrogen) atoms. The normalized spacial score (nSPS) is 10.7. The molecule has 0 atom stereocenters. The second-order valence-electron chi connectivity index (χ2n) is 3.13. The molecule has 2 rings (SSSR count). The highest BCUT2D eigenvalue weighted by Gasteiger charge is 2.08. The van der Waals surface area contributed by atoms with Gasteiger partial charge in [-0.1, -0.05) is 24.2 Å². The van der Waals surface area contributed by atoms with Crippen LogP contribution in [-0.4, -0.2) is 9.55 Å². The van der Waals surface area contributed by atoms with Crippen LogP contribution in [0.1, 0.15) is 6.92 Å². The Morgan fingerprint density at radius 1 is 1.57 bits per heavy atom. The number of H-pyrrole nitrogens is 1. The molecule has 0 aliphatic carbocycles. The van der Waals surface area contributed by atoms with Crippen LogP contribution in [0, 0.1) is 0 Å². The first-order valence-electron chi connectivity index (χ1n) is 4.16. The van der Waals surface area contributed by atoms with Crippen LogP contribution >= 0.6 is 11.6 Å². The Bertz CT molecular complexity index is 565. The zero-order valence-corrected chi connectivity index (χ0v) is 8.43. The Balaban J connectivity index is 2.98. The van der Waals surface area contributed by atoms with Gasteiger partial charge in [-0.25, -0.2) is 4.79 Å². The van der Waals surface area contributed by atoms with Crippen LogP contribution in [0.5, 0.6) is 0 Å². The van der Waals surface area contributed by atoms with Gasteiger partial charge in [0, 0.05) is 5.70 Å². The molecule has 1 N–H and O–H groups in total. The predicted molar refractivity (Wildman–Crippen MR) is 58.6 cm³/mol. The first-order chi connectivity index (χ1) is 6.61. The van der Waals surface area contributed by atoms with Crippen molar-refractivity contribution in [1.29, 1.82) is 0 Å². The number of imidazole rings is 1. The molecule has 4 heteroatoms. The van der Waals surface area contributed by atoms with Gasteiger partial charge in [-0.15, -0.1) is 0 Å². The minimum Gasteiger partial charge on any atom is -0.304 e. The fraction of sp³-hybridized carbons (Fsp3) is 0.100. The fourth-order valence-corrected chi connectivity index (χ4v) is 1.69. The third-order valence-corrected chi connectivity index (χ3v) is 2.36. The van der Waals surface area contributed by atoms with Crippen molar-refractivity contribution in [2.45, 2.75) is 6.92 Å². The molecule has 0 saturated heterocycles. The molecule has 1 aromatic carbocycles. The molecule has 0 aliphatic rings. The van der Waals surface area contributed by atoms with Crippen LogP contribution in [-0.2, 0) is 0 Å². The lowest BCUT2D eigenvalue weighted by Gasteiger charge is -2.00. The largest absolute Gasteiger partial charge is 0.330 e. The number of rotatable bonds is 1. The molecule has 2 aromatic rings. The number of nitrogens with one attached hydrogen (secondary N) is 1. The van der Waals surface area contributed by atoms with E-state index >= 15 is 0 Å². The monoisotopic (exact) mass is 208 g/mol. The first-order valence-corrected chi connectivity index (χ1v) is 4.54. The van der Waals surface area contributed by atoms with Gasteiger partial charge in [0.25, 0.3) is 0 Å². The minimum atomic E-state index is -0.208. The van der Waals surface area contributed by atoms with Crippen LogP contribution in [0.25, 0.3) is 16.7 Å². The summed E-state index contributed by atoms with van der Waals surface area (Å²) in [6.45, 7) is 5.51. The van der Waals surface area contributed by atoms with E-state index in [-0.39, 0.29) is 5.69 Å². The quantitative estimate of drug-likeness (QED) is 0.768. The molecule has 1 aromatic heterocycles. The number of aromatic amines is 1. The first kappa shape index (κ1) is 9.09. The van der Waals surface area contributed by atoms with Crippen molar-refractivity contribution in [3.8, 4) is 0 Å². The highest BCUT2D eigenvalue weighted by molar-refractivity contribution is 6.34. The molecule has 0 aliphatic heterocycles. The zero-order chi connectivity index (χ0) is 10.3. The van der Waals surface area contributed by atoms with Gasteiger partial charge in [0.2, 0.25) is 0 Å². The Morgan fingerprint density at radius 3 is 2.93 bits per heavy atom. The van der Waals surface area contributed by atoms with E-state index in [0.29, 0.717) is 16.2 Å². The second kappa shape index (κ2) is 3.03. The summed E-state index contributed by atoms with van der Waals surface area (Å²) in [4.78, 5) is 14.2. The second-order valence-corrected chi connectivity index (χ2v) is 3.54. The van der Waals surface area contributed by atoms with Crippen LogP contribution in [0.15, 0.2) is 29.6 Å². The van der Waals surface area contributed by atoms with E-state index in [2.05, 4.69) is 11.6 Å². The maximum atomic E-state index is 11.5. The van der Waals surface area contributed by atoms with Gasteiger partial charge in [0.05, 0.1) is 16.1 Å². The third-order valence-electron chi connectivity index (χ3n) is 2.05. The number of para-hydroxylation sites is 1. The number of hydrogen-bond donors (Lipinski definition) is 1. The van der Waals surface area contributed by atoms with E-state index in [1.165, 1.54) is 4.57 Å². The van der Waals surface area contributed by atoms with Gasteiger partial charge < -0.3 is 4.98 Å². The van der Waals surface area contributed by atoms with Crippen molar-refractivity contribution < 1.29 is 0 Å². The molecule has 3 nitrogen and oxygen atoms in total. The summed E-state index contributed by atoms with van der Waals surface area (Å²) in [5.74, 6) is 0. The van der Waals surface area contributed by atoms with Gasteiger partial charge >= 0.3 is 5.69 Å². The summed E-state index contributed by atoms with van der Waals surface area (Å²) >= 11 is 5.93. The maximum absolute atomic E-state index is 11.5. The molecule has 0 unspecified atom stereocenters. The van der Waals surface area contributed by atoms with E-state index in [1.807, 2.05) is 6.07 Å². The minimum absolute atomic E-state index is 0.208. The average Bonchev–Trinajstić information content (AvgIpc) is 2.42. The molecule has 1 heterocycles. The van der Waals surface area contributed by atoms with E-state index in [1.54, 1.807) is 19.1 Å². The van der Waals surface area contributed by atoms with E-state index in [0.717, 1.165) is 5.52 Å². The van der Waals surface area contributed by atoms with E-state index < -0.39 is 0 Å². The molecule has 0 saturated carbocycles. The molecular formula is C10H9ClN2O. The van der Waals surface area contributed by atoms with Crippen LogP contribution in [0.3, 0.4) is 0 Å². The molecule has 0 radical (unpaired) electrons. The molecule has 72 valence electrons. The van der Waals surface area contributed by atoms with Gasteiger partial charge in [-0.05, 0) is 19.1 Å². The molecule has 0 bridgehead atoms. The highest BCUT2D eigenvalue weighted by Crippen LogP contribution is 2.21. The number of allylic oxidation sites excluding steroid dienone is 1. The molecule has 0 fully saturated rings. The maximum Gasteiger partial charge on any atom is 0.330 e. The van der Waals surface area contributed by atoms with Crippen molar-refractivity contribution in [3.63, 3.8) is 0 Å². The zero-order valence-electron chi connectivity index (χ0n) is 7.67. The predicted octanol–water partition coefficient (Wildman–Crippen LogP) is 2.47. The lowest BCUT2D eigenvalue weighted by molar-refractivity contribution is 1.04. The fourth-order valence-electron chi connectivity index (χ4n) is 1.47. The molecule has 0 spiro atoms. The number of nitrogens with zero attached hydrogens (tertiary/aromatic N) is 1. The summed E-state index contributed by atoms with van der Waals surface area (Å²) in [5.41, 5.74) is 1.88. The Labute approximate surface area is 85.6 Å². The van der Waals surface area contributed by atoms with Crippen LogP contribution in [0.2, 0.25) is 5.02 Å². The Kier molecular flexibility index (Phi) is 1.97. The third kappa shape index (κ3) is 1.17. The van der Waals surface area contributed by atoms with Gasteiger partial charge in [-0.3, -0.25) is 4.57 Å². The number of hydrogen-bond acceptors (Lipinski definition) is 1. The summed E-state index contributed by atoms with van der Waals surface area (Å²) in [6.07, 6.45) is 0. The van der Waals surface area contributed by atoms with E-state index in [9.17, 15) is 4.79 Å².